The maximum atomic E-state index is 2.94. The molecule has 0 saturated heterocycles. The van der Waals surface area contributed by atoms with Gasteiger partial charge in [0.25, 0.3) is 0 Å². The summed E-state index contributed by atoms with van der Waals surface area (Å²) in [4.78, 5) is 0. The van der Waals surface area contributed by atoms with Crippen molar-refractivity contribution in [2.45, 2.75) is 43.3 Å². The predicted molar refractivity (Wildman–Crippen MR) is 39.4 cm³/mol. The van der Waals surface area contributed by atoms with Crippen LogP contribution in [0.2, 0.25) is 4.78 Å². The first-order valence-corrected chi connectivity index (χ1v) is 4.32. The molecule has 1 aliphatic rings. The standard InChI is InChI=1S/C7H13.Al.2H/c1-2-4-6-7-5-3-1;;;/h1H,2-7H2;;;/q;+2;2*-1. The fourth-order valence-corrected chi connectivity index (χ4v) is 1.78. The molecule has 0 spiro atoms. The van der Waals surface area contributed by atoms with Crippen LogP contribution in [0, 0.1) is 0 Å². The minimum absolute atomic E-state index is 0. The van der Waals surface area contributed by atoms with Crippen molar-refractivity contribution in [2.24, 2.45) is 0 Å². The Morgan fingerprint density at radius 1 is 1.00 bits per heavy atom. The maximum absolute atomic E-state index is 2.94. The van der Waals surface area contributed by atoms with Crippen molar-refractivity contribution in [3.05, 3.63) is 0 Å². The monoisotopic (exact) mass is 126 g/mol. The molecule has 1 fully saturated rings. The summed E-state index contributed by atoms with van der Waals surface area (Å²) in [6.07, 6.45) is 8.79. The molecule has 0 heterocycles. The first kappa shape index (κ1) is 6.65. The molecule has 1 aliphatic carbocycles. The smallest absolute Gasteiger partial charge is 1.00 e. The molecule has 46 valence electrons. The summed E-state index contributed by atoms with van der Waals surface area (Å²) in [5.41, 5.74) is 0. The molecule has 0 unspecified atom stereocenters. The van der Waals surface area contributed by atoms with Gasteiger partial charge in [0.05, 0.1) is 0 Å². The second kappa shape index (κ2) is 3.54. The Morgan fingerprint density at radius 2 is 1.50 bits per heavy atom. The Morgan fingerprint density at radius 3 is 2.00 bits per heavy atom. The van der Waals surface area contributed by atoms with E-state index in [4.69, 9.17) is 0 Å². The topological polar surface area (TPSA) is 0 Å². The number of rotatable bonds is 0. The SMILES string of the molecule is [Al+2][CH]1CCCCCC1.[H-].[H-]. The average molecular weight is 126 g/mol. The quantitative estimate of drug-likeness (QED) is 0.345. The first-order valence-electron chi connectivity index (χ1n) is 3.65. The van der Waals surface area contributed by atoms with E-state index in [2.05, 4.69) is 16.3 Å². The van der Waals surface area contributed by atoms with Gasteiger partial charge in [0.1, 0.15) is 0 Å². The minimum atomic E-state index is 0. The van der Waals surface area contributed by atoms with Crippen LogP contribution in [0.5, 0.6) is 0 Å². The Bertz CT molecular complexity index is 60.6. The molecule has 0 atom stereocenters. The van der Waals surface area contributed by atoms with Gasteiger partial charge in [-0.1, -0.05) is 0 Å². The fourth-order valence-electron chi connectivity index (χ4n) is 1.31. The van der Waals surface area contributed by atoms with Gasteiger partial charge in [0.2, 0.25) is 0 Å². The third-order valence-electron chi connectivity index (χ3n) is 1.90. The van der Waals surface area contributed by atoms with Crippen molar-refractivity contribution < 1.29 is 2.85 Å². The van der Waals surface area contributed by atoms with E-state index < -0.39 is 0 Å². The van der Waals surface area contributed by atoms with Crippen LogP contribution in [0.1, 0.15) is 41.4 Å². The molecule has 1 saturated carbocycles. The van der Waals surface area contributed by atoms with Crippen molar-refractivity contribution in [1.82, 2.24) is 0 Å². The van der Waals surface area contributed by atoms with Crippen molar-refractivity contribution in [2.75, 3.05) is 0 Å². The largest absolute Gasteiger partial charge is 1.00 e. The van der Waals surface area contributed by atoms with E-state index in [0.717, 1.165) is 4.78 Å². The van der Waals surface area contributed by atoms with E-state index in [1.165, 1.54) is 38.5 Å². The Balaban J connectivity index is 0. The normalized spacial score (nSPS) is 25.2. The summed E-state index contributed by atoms with van der Waals surface area (Å²) in [5, 5.41) is 0. The second-order valence-electron chi connectivity index (χ2n) is 2.75. The van der Waals surface area contributed by atoms with Crippen LogP contribution < -0.4 is 0 Å². The maximum Gasteiger partial charge on any atom is -1.00 e. The van der Waals surface area contributed by atoms with Crippen LogP contribution in [0.25, 0.3) is 0 Å². The summed E-state index contributed by atoms with van der Waals surface area (Å²) in [6, 6.07) is 0. The van der Waals surface area contributed by atoms with Crippen molar-refractivity contribution in [3.8, 4) is 0 Å². The van der Waals surface area contributed by atoms with E-state index in [0.29, 0.717) is 0 Å². The summed E-state index contributed by atoms with van der Waals surface area (Å²) >= 11 is 2.94. The van der Waals surface area contributed by atoms with E-state index >= 15 is 0 Å². The molecule has 8 heavy (non-hydrogen) atoms. The zero-order chi connectivity index (χ0) is 5.82. The van der Waals surface area contributed by atoms with E-state index in [1.54, 1.807) is 0 Å². The summed E-state index contributed by atoms with van der Waals surface area (Å²) in [6.45, 7) is 0. The first-order chi connectivity index (χ1) is 3.89. The van der Waals surface area contributed by atoms with Gasteiger partial charge in [-0.3, -0.25) is 0 Å². The molecular weight excluding hydrogens is 111 g/mol. The van der Waals surface area contributed by atoms with E-state index in [-0.39, 0.29) is 2.85 Å². The molecule has 0 aromatic carbocycles. The van der Waals surface area contributed by atoms with Crippen LogP contribution in [0.3, 0.4) is 0 Å². The number of hydrogen-bond acceptors (Lipinski definition) is 0. The van der Waals surface area contributed by atoms with Gasteiger partial charge >= 0.3 is 59.6 Å². The van der Waals surface area contributed by atoms with Crippen molar-refractivity contribution in [3.63, 3.8) is 0 Å². The van der Waals surface area contributed by atoms with Gasteiger partial charge in [-0.2, -0.15) is 0 Å². The third kappa shape index (κ3) is 2.20. The summed E-state index contributed by atoms with van der Waals surface area (Å²) < 4.78 is 0.942. The Hall–Kier alpha value is 0.532. The van der Waals surface area contributed by atoms with Gasteiger partial charge < -0.3 is 2.85 Å². The Labute approximate surface area is 63.1 Å². The van der Waals surface area contributed by atoms with Crippen LogP contribution in [-0.4, -0.2) is 16.3 Å². The van der Waals surface area contributed by atoms with E-state index in [1.807, 2.05) is 0 Å². The molecule has 0 amide bonds. The van der Waals surface area contributed by atoms with Crippen LogP contribution in [-0.2, 0) is 0 Å². The second-order valence-corrected chi connectivity index (χ2v) is 3.69. The molecule has 0 radical (unpaired) electrons. The minimum Gasteiger partial charge on any atom is -1.00 e. The molecule has 0 aliphatic heterocycles. The zero-order valence-electron chi connectivity index (χ0n) is 7.40. The number of hydrogen-bond donors (Lipinski definition) is 0. The zero-order valence-corrected chi connectivity index (χ0v) is 6.55. The van der Waals surface area contributed by atoms with Crippen LogP contribution in [0.15, 0.2) is 0 Å². The van der Waals surface area contributed by atoms with Crippen molar-refractivity contribution >= 4 is 16.3 Å². The molecule has 0 aromatic heterocycles. The van der Waals surface area contributed by atoms with Crippen LogP contribution >= 0.6 is 0 Å². The van der Waals surface area contributed by atoms with Gasteiger partial charge in [0, 0.05) is 0 Å². The average Bonchev–Trinajstić information content (AvgIpc) is 1.94. The van der Waals surface area contributed by atoms with E-state index in [9.17, 15) is 0 Å². The summed E-state index contributed by atoms with van der Waals surface area (Å²) in [5.74, 6) is 0. The van der Waals surface area contributed by atoms with Gasteiger partial charge in [-0.15, -0.1) is 0 Å². The Kier molecular flexibility index (Phi) is 2.94. The molecular formula is C7H15Al. The molecule has 0 nitrogen and oxygen atoms in total. The van der Waals surface area contributed by atoms with Crippen molar-refractivity contribution in [1.29, 1.82) is 0 Å². The van der Waals surface area contributed by atoms with Gasteiger partial charge in [0.15, 0.2) is 0 Å². The molecule has 0 N–H and O–H groups in total. The summed E-state index contributed by atoms with van der Waals surface area (Å²) in [7, 11) is 0. The fraction of sp³-hybridized carbons (Fsp3) is 1.00. The molecule has 0 bridgehead atoms. The van der Waals surface area contributed by atoms with Gasteiger partial charge in [-0.05, 0) is 0 Å². The third-order valence-corrected chi connectivity index (χ3v) is 2.57. The van der Waals surface area contributed by atoms with Gasteiger partial charge in [-0.25, -0.2) is 0 Å². The molecule has 0 aromatic rings. The predicted octanol–water partition coefficient (Wildman–Crippen LogP) is 2.52. The van der Waals surface area contributed by atoms with Crippen LogP contribution in [0.4, 0.5) is 0 Å². The molecule has 1 heteroatoms. The molecule has 1 rings (SSSR count).